The number of rotatable bonds is 5. The van der Waals surface area contributed by atoms with Crippen LogP contribution in [0.4, 0.5) is 0 Å². The summed E-state index contributed by atoms with van der Waals surface area (Å²) < 4.78 is 16.3. The number of ketones is 1. The zero-order valence-corrected chi connectivity index (χ0v) is 16.7. The third kappa shape index (κ3) is 4.10. The molecule has 0 fully saturated rings. The third-order valence-corrected chi connectivity index (χ3v) is 4.76. The number of fused-ring (bicyclic) bond motifs is 1. The van der Waals surface area contributed by atoms with Crippen LogP contribution in [0, 0.1) is 6.92 Å². The van der Waals surface area contributed by atoms with E-state index in [1.807, 2.05) is 43.3 Å². The standard InChI is InChI=1S/C25H20O5/c1-16-4-3-5-18(12-16)13-23-24(26)21-11-10-20(14-22(21)30-23)29-15-17-6-8-19(9-7-17)25(27)28-2/h3-14H,15H2,1-2H3. The summed E-state index contributed by atoms with van der Waals surface area (Å²) in [6, 6.07) is 20.0. The van der Waals surface area contributed by atoms with Crippen molar-refractivity contribution in [1.82, 2.24) is 0 Å². The van der Waals surface area contributed by atoms with Gasteiger partial charge in [-0.15, -0.1) is 0 Å². The molecule has 4 rings (SSSR count). The van der Waals surface area contributed by atoms with Gasteiger partial charge in [-0.25, -0.2) is 4.79 Å². The molecule has 0 atom stereocenters. The van der Waals surface area contributed by atoms with Gasteiger partial charge in [-0.05, 0) is 48.4 Å². The highest BCUT2D eigenvalue weighted by Gasteiger charge is 2.27. The van der Waals surface area contributed by atoms with Gasteiger partial charge in [0, 0.05) is 6.07 Å². The van der Waals surface area contributed by atoms with E-state index in [0.29, 0.717) is 35.0 Å². The number of carbonyl (C=O) groups excluding carboxylic acids is 2. The number of benzene rings is 3. The first-order chi connectivity index (χ1) is 14.5. The Morgan fingerprint density at radius 1 is 1.03 bits per heavy atom. The topological polar surface area (TPSA) is 61.8 Å². The molecule has 0 bridgehead atoms. The molecule has 3 aromatic carbocycles. The molecule has 30 heavy (non-hydrogen) atoms. The lowest BCUT2D eigenvalue weighted by atomic mass is 10.1. The number of Topliss-reactive ketones (excluding diaryl/α,β-unsaturated/α-hetero) is 1. The van der Waals surface area contributed by atoms with Crippen molar-refractivity contribution in [1.29, 1.82) is 0 Å². The number of methoxy groups -OCH3 is 1. The van der Waals surface area contributed by atoms with Crippen molar-refractivity contribution < 1.29 is 23.8 Å². The third-order valence-electron chi connectivity index (χ3n) is 4.76. The fourth-order valence-electron chi connectivity index (χ4n) is 3.19. The summed E-state index contributed by atoms with van der Waals surface area (Å²) in [4.78, 5) is 24.1. The number of esters is 1. The van der Waals surface area contributed by atoms with Crippen LogP contribution in [0.15, 0.2) is 72.5 Å². The zero-order chi connectivity index (χ0) is 21.1. The van der Waals surface area contributed by atoms with Crippen LogP contribution in [0.1, 0.15) is 37.4 Å². The predicted molar refractivity (Wildman–Crippen MR) is 113 cm³/mol. The average Bonchev–Trinajstić information content (AvgIpc) is 3.06. The summed E-state index contributed by atoms with van der Waals surface area (Å²) in [7, 11) is 1.35. The van der Waals surface area contributed by atoms with Gasteiger partial charge in [-0.1, -0.05) is 42.0 Å². The first-order valence-corrected chi connectivity index (χ1v) is 9.48. The summed E-state index contributed by atoms with van der Waals surface area (Å²) in [5, 5.41) is 0. The Kier molecular flexibility index (Phi) is 5.35. The summed E-state index contributed by atoms with van der Waals surface area (Å²) >= 11 is 0. The number of hydrogen-bond donors (Lipinski definition) is 0. The Bertz CT molecular complexity index is 1140. The van der Waals surface area contributed by atoms with Crippen LogP contribution in [-0.2, 0) is 11.3 Å². The van der Waals surface area contributed by atoms with Gasteiger partial charge in [0.2, 0.25) is 5.78 Å². The molecular weight excluding hydrogens is 380 g/mol. The first-order valence-electron chi connectivity index (χ1n) is 9.48. The Labute approximate surface area is 174 Å². The van der Waals surface area contributed by atoms with Crippen LogP contribution in [0.5, 0.6) is 11.5 Å². The molecule has 1 heterocycles. The van der Waals surface area contributed by atoms with Gasteiger partial charge in [0.15, 0.2) is 5.76 Å². The normalized spacial score (nSPS) is 13.7. The number of ether oxygens (including phenoxy) is 3. The molecule has 5 heteroatoms. The van der Waals surface area contributed by atoms with Gasteiger partial charge in [-0.3, -0.25) is 4.79 Å². The fourth-order valence-corrected chi connectivity index (χ4v) is 3.19. The van der Waals surface area contributed by atoms with Crippen LogP contribution in [0.2, 0.25) is 0 Å². The lowest BCUT2D eigenvalue weighted by Crippen LogP contribution is -2.02. The molecule has 1 aliphatic heterocycles. The maximum absolute atomic E-state index is 12.6. The van der Waals surface area contributed by atoms with Crippen molar-refractivity contribution in [2.75, 3.05) is 7.11 Å². The van der Waals surface area contributed by atoms with Crippen LogP contribution < -0.4 is 9.47 Å². The van der Waals surface area contributed by atoms with E-state index in [-0.39, 0.29) is 11.8 Å². The molecule has 3 aromatic rings. The highest BCUT2D eigenvalue weighted by atomic mass is 16.5. The Balaban J connectivity index is 1.46. The van der Waals surface area contributed by atoms with Crippen molar-refractivity contribution in [3.63, 3.8) is 0 Å². The van der Waals surface area contributed by atoms with E-state index in [1.165, 1.54) is 7.11 Å². The molecule has 0 aliphatic carbocycles. The van der Waals surface area contributed by atoms with Gasteiger partial charge in [-0.2, -0.15) is 0 Å². The van der Waals surface area contributed by atoms with E-state index in [1.54, 1.807) is 36.4 Å². The quantitative estimate of drug-likeness (QED) is 0.447. The van der Waals surface area contributed by atoms with Gasteiger partial charge in [0.1, 0.15) is 18.1 Å². The number of aryl methyl sites for hydroxylation is 1. The molecule has 0 aromatic heterocycles. The number of carbonyl (C=O) groups is 2. The fraction of sp³-hybridized carbons (Fsp3) is 0.120. The molecule has 0 saturated carbocycles. The largest absolute Gasteiger partial charge is 0.489 e. The summed E-state index contributed by atoms with van der Waals surface area (Å²) in [5.74, 6) is 0.855. The monoisotopic (exact) mass is 400 g/mol. The van der Waals surface area contributed by atoms with Crippen molar-refractivity contribution in [3.05, 3.63) is 100 Å². The van der Waals surface area contributed by atoms with Gasteiger partial charge >= 0.3 is 5.97 Å². The van der Waals surface area contributed by atoms with Crippen LogP contribution in [0.25, 0.3) is 6.08 Å². The molecule has 0 unspecified atom stereocenters. The highest BCUT2D eigenvalue weighted by molar-refractivity contribution is 6.14. The second kappa shape index (κ2) is 8.25. The van der Waals surface area contributed by atoms with Crippen LogP contribution in [0.3, 0.4) is 0 Å². The average molecular weight is 400 g/mol. The summed E-state index contributed by atoms with van der Waals surface area (Å²) in [6.07, 6.45) is 1.75. The Morgan fingerprint density at radius 2 is 1.83 bits per heavy atom. The highest BCUT2D eigenvalue weighted by Crippen LogP contribution is 2.35. The first kappa shape index (κ1) is 19.5. The maximum atomic E-state index is 12.6. The van der Waals surface area contributed by atoms with E-state index >= 15 is 0 Å². The molecule has 0 spiro atoms. The van der Waals surface area contributed by atoms with E-state index < -0.39 is 0 Å². The van der Waals surface area contributed by atoms with Crippen LogP contribution in [-0.4, -0.2) is 18.9 Å². The minimum Gasteiger partial charge on any atom is -0.489 e. The predicted octanol–water partition coefficient (Wildman–Crippen LogP) is 4.98. The van der Waals surface area contributed by atoms with Gasteiger partial charge in [0.05, 0.1) is 18.2 Å². The molecule has 0 radical (unpaired) electrons. The van der Waals surface area contributed by atoms with E-state index in [0.717, 1.165) is 16.7 Å². The molecule has 0 amide bonds. The van der Waals surface area contributed by atoms with E-state index in [9.17, 15) is 9.59 Å². The van der Waals surface area contributed by atoms with Crippen molar-refractivity contribution in [2.45, 2.75) is 13.5 Å². The van der Waals surface area contributed by atoms with E-state index in [4.69, 9.17) is 14.2 Å². The van der Waals surface area contributed by atoms with Gasteiger partial charge in [0.25, 0.3) is 0 Å². The van der Waals surface area contributed by atoms with Crippen LogP contribution >= 0.6 is 0 Å². The lowest BCUT2D eigenvalue weighted by molar-refractivity contribution is 0.0600. The number of hydrogen-bond acceptors (Lipinski definition) is 5. The van der Waals surface area contributed by atoms with E-state index in [2.05, 4.69) is 0 Å². The number of allylic oxidation sites excluding steroid dienone is 1. The van der Waals surface area contributed by atoms with Gasteiger partial charge < -0.3 is 14.2 Å². The summed E-state index contributed by atoms with van der Waals surface area (Å²) in [5.41, 5.74) is 3.93. The summed E-state index contributed by atoms with van der Waals surface area (Å²) in [6.45, 7) is 2.32. The van der Waals surface area contributed by atoms with Crippen molar-refractivity contribution in [2.24, 2.45) is 0 Å². The molecule has 1 aliphatic rings. The smallest absolute Gasteiger partial charge is 0.337 e. The van der Waals surface area contributed by atoms with Crippen molar-refractivity contribution >= 4 is 17.8 Å². The Morgan fingerprint density at radius 3 is 2.57 bits per heavy atom. The van der Waals surface area contributed by atoms with Crippen molar-refractivity contribution in [3.8, 4) is 11.5 Å². The minimum absolute atomic E-state index is 0.142. The molecular formula is C25H20O5. The SMILES string of the molecule is COC(=O)c1ccc(COc2ccc3c(c2)OC(=Cc2cccc(C)c2)C3=O)cc1. The minimum atomic E-state index is -0.377. The zero-order valence-electron chi connectivity index (χ0n) is 16.7. The molecule has 0 saturated heterocycles. The molecule has 0 N–H and O–H groups in total. The molecule has 5 nitrogen and oxygen atoms in total. The second-order valence-electron chi connectivity index (χ2n) is 6.99. The lowest BCUT2D eigenvalue weighted by Gasteiger charge is -2.08. The molecule has 150 valence electrons. The maximum Gasteiger partial charge on any atom is 0.337 e. The second-order valence-corrected chi connectivity index (χ2v) is 6.99. The Hall–Kier alpha value is -3.86.